The van der Waals surface area contributed by atoms with Crippen LogP contribution in [0.1, 0.15) is 52.3 Å². The van der Waals surface area contributed by atoms with Gasteiger partial charge in [0, 0.05) is 6.54 Å². The molecule has 0 amide bonds. The normalized spacial score (nSPS) is 13.1. The van der Waals surface area contributed by atoms with E-state index in [2.05, 4.69) is 48.2 Å². The molecule has 5 nitrogen and oxygen atoms in total. The van der Waals surface area contributed by atoms with Crippen molar-refractivity contribution in [2.75, 3.05) is 26.2 Å². The molecule has 0 aromatic carbocycles. The summed E-state index contributed by atoms with van der Waals surface area (Å²) in [5.74, 6) is 0. The van der Waals surface area contributed by atoms with E-state index in [9.17, 15) is 0 Å². The molecule has 0 aliphatic rings. The molecule has 0 saturated carbocycles. The maximum absolute atomic E-state index is 4.19. The highest BCUT2D eigenvalue weighted by atomic mass is 15.4. The molecule has 0 fully saturated rings. The van der Waals surface area contributed by atoms with Crippen LogP contribution in [0, 0.1) is 0 Å². The van der Waals surface area contributed by atoms with Crippen molar-refractivity contribution in [3.8, 4) is 0 Å². The van der Waals surface area contributed by atoms with Gasteiger partial charge in [-0.05, 0) is 39.0 Å². The molecule has 1 rings (SSSR count). The second-order valence-electron chi connectivity index (χ2n) is 4.81. The second kappa shape index (κ2) is 9.04. The number of hydrogen-bond donors (Lipinski definition) is 1. The number of aryl methyl sites for hydroxylation is 1. The molecule has 0 spiro atoms. The van der Waals surface area contributed by atoms with Crippen LogP contribution in [0.4, 0.5) is 0 Å². The third-order valence-electron chi connectivity index (χ3n) is 3.52. The molecule has 110 valence electrons. The van der Waals surface area contributed by atoms with Gasteiger partial charge in [0.15, 0.2) is 0 Å². The number of rotatable bonds is 10. The van der Waals surface area contributed by atoms with Crippen molar-refractivity contribution >= 4 is 0 Å². The Labute approximate surface area is 117 Å². The highest BCUT2D eigenvalue weighted by Gasteiger charge is 2.16. The summed E-state index contributed by atoms with van der Waals surface area (Å²) in [6.07, 6.45) is 4.10. The van der Waals surface area contributed by atoms with Gasteiger partial charge >= 0.3 is 0 Å². The SMILES string of the molecule is CCCn1nncc1C(CCN(CC)CC)NCC. The minimum Gasteiger partial charge on any atom is -0.309 e. The zero-order chi connectivity index (χ0) is 14.1. The van der Waals surface area contributed by atoms with Crippen LogP contribution in [-0.4, -0.2) is 46.1 Å². The van der Waals surface area contributed by atoms with Crippen LogP contribution >= 0.6 is 0 Å². The first-order chi connectivity index (χ1) is 9.26. The van der Waals surface area contributed by atoms with Crippen LogP contribution in [0.15, 0.2) is 6.20 Å². The maximum atomic E-state index is 4.19. The van der Waals surface area contributed by atoms with Gasteiger partial charge in [0.2, 0.25) is 0 Å². The zero-order valence-electron chi connectivity index (χ0n) is 12.9. The van der Waals surface area contributed by atoms with E-state index >= 15 is 0 Å². The van der Waals surface area contributed by atoms with Crippen molar-refractivity contribution in [1.82, 2.24) is 25.2 Å². The minimum atomic E-state index is 0.354. The summed E-state index contributed by atoms with van der Waals surface area (Å²) in [7, 11) is 0. The van der Waals surface area contributed by atoms with Crippen molar-refractivity contribution in [3.63, 3.8) is 0 Å². The summed E-state index contributed by atoms with van der Waals surface area (Å²) in [4.78, 5) is 2.46. The first-order valence-electron chi connectivity index (χ1n) is 7.60. The minimum absolute atomic E-state index is 0.354. The third-order valence-corrected chi connectivity index (χ3v) is 3.52. The van der Waals surface area contributed by atoms with E-state index < -0.39 is 0 Å². The summed E-state index contributed by atoms with van der Waals surface area (Å²) in [6, 6.07) is 0.354. The van der Waals surface area contributed by atoms with E-state index in [1.807, 2.05) is 10.9 Å². The van der Waals surface area contributed by atoms with Gasteiger partial charge in [-0.15, -0.1) is 5.10 Å². The van der Waals surface area contributed by atoms with Gasteiger partial charge in [-0.1, -0.05) is 32.9 Å². The smallest absolute Gasteiger partial charge is 0.0757 e. The molecular formula is C14H29N5. The number of hydrogen-bond acceptors (Lipinski definition) is 4. The second-order valence-corrected chi connectivity index (χ2v) is 4.81. The van der Waals surface area contributed by atoms with Crippen molar-refractivity contribution in [2.45, 2.75) is 53.1 Å². The quantitative estimate of drug-likeness (QED) is 0.705. The number of nitrogens with one attached hydrogen (secondary N) is 1. The number of aromatic nitrogens is 3. The monoisotopic (exact) mass is 267 g/mol. The van der Waals surface area contributed by atoms with Crippen molar-refractivity contribution < 1.29 is 0 Å². The van der Waals surface area contributed by atoms with E-state index in [4.69, 9.17) is 0 Å². The standard InChI is InChI=1S/C14H29N5/c1-5-10-19-14(12-16-17-19)13(15-6-2)9-11-18(7-3)8-4/h12-13,15H,5-11H2,1-4H3. The van der Waals surface area contributed by atoms with Crippen LogP contribution in [0.3, 0.4) is 0 Å². The van der Waals surface area contributed by atoms with Gasteiger partial charge in [-0.3, -0.25) is 0 Å². The van der Waals surface area contributed by atoms with Crippen molar-refractivity contribution in [2.24, 2.45) is 0 Å². The van der Waals surface area contributed by atoms with Crippen LogP contribution < -0.4 is 5.32 Å². The predicted octanol–water partition coefficient (Wildman–Crippen LogP) is 2.07. The summed E-state index contributed by atoms with van der Waals surface area (Å²) >= 11 is 0. The summed E-state index contributed by atoms with van der Waals surface area (Å²) in [5.41, 5.74) is 1.22. The third kappa shape index (κ3) is 4.91. The van der Waals surface area contributed by atoms with Gasteiger partial charge in [-0.25, -0.2) is 4.68 Å². The topological polar surface area (TPSA) is 46.0 Å². The molecule has 0 aliphatic heterocycles. The Kier molecular flexibility index (Phi) is 7.67. The molecule has 0 saturated heterocycles. The largest absolute Gasteiger partial charge is 0.309 e. The predicted molar refractivity (Wildman–Crippen MR) is 79.1 cm³/mol. The van der Waals surface area contributed by atoms with Crippen molar-refractivity contribution in [1.29, 1.82) is 0 Å². The van der Waals surface area contributed by atoms with Crippen molar-refractivity contribution in [3.05, 3.63) is 11.9 Å². The number of nitrogens with zero attached hydrogens (tertiary/aromatic N) is 4. The Morgan fingerprint density at radius 1 is 1.26 bits per heavy atom. The summed E-state index contributed by atoms with van der Waals surface area (Å²) < 4.78 is 2.04. The van der Waals surface area contributed by atoms with E-state index in [0.29, 0.717) is 6.04 Å². The van der Waals surface area contributed by atoms with Gasteiger partial charge in [0.25, 0.3) is 0 Å². The van der Waals surface area contributed by atoms with E-state index in [1.54, 1.807) is 0 Å². The Morgan fingerprint density at radius 2 is 2.00 bits per heavy atom. The fraction of sp³-hybridized carbons (Fsp3) is 0.857. The lowest BCUT2D eigenvalue weighted by atomic mass is 10.1. The lowest BCUT2D eigenvalue weighted by Crippen LogP contribution is -2.30. The van der Waals surface area contributed by atoms with Crippen LogP contribution in [0.2, 0.25) is 0 Å². The van der Waals surface area contributed by atoms with Gasteiger partial charge in [-0.2, -0.15) is 0 Å². The van der Waals surface area contributed by atoms with Gasteiger partial charge in [0.1, 0.15) is 0 Å². The first-order valence-corrected chi connectivity index (χ1v) is 7.60. The molecular weight excluding hydrogens is 238 g/mol. The molecule has 0 bridgehead atoms. The molecule has 0 radical (unpaired) electrons. The lowest BCUT2D eigenvalue weighted by Gasteiger charge is -2.23. The highest BCUT2D eigenvalue weighted by Crippen LogP contribution is 2.16. The molecule has 1 unspecified atom stereocenters. The molecule has 1 atom stereocenters. The first kappa shape index (κ1) is 16.1. The Hall–Kier alpha value is -0.940. The van der Waals surface area contributed by atoms with E-state index in [-0.39, 0.29) is 0 Å². The summed E-state index contributed by atoms with van der Waals surface area (Å²) in [5, 5.41) is 11.8. The van der Waals surface area contributed by atoms with Crippen LogP contribution in [-0.2, 0) is 6.54 Å². The van der Waals surface area contributed by atoms with E-state index in [1.165, 1.54) is 5.69 Å². The molecule has 1 aromatic heterocycles. The summed E-state index contributed by atoms with van der Waals surface area (Å²) in [6.45, 7) is 14.0. The van der Waals surface area contributed by atoms with Crippen LogP contribution in [0.5, 0.6) is 0 Å². The van der Waals surface area contributed by atoms with Gasteiger partial charge < -0.3 is 10.2 Å². The Morgan fingerprint density at radius 3 is 2.58 bits per heavy atom. The Balaban J connectivity index is 2.67. The average molecular weight is 267 g/mol. The van der Waals surface area contributed by atoms with Crippen LogP contribution in [0.25, 0.3) is 0 Å². The molecule has 1 N–H and O–H groups in total. The fourth-order valence-electron chi connectivity index (χ4n) is 2.37. The maximum Gasteiger partial charge on any atom is 0.0757 e. The molecule has 19 heavy (non-hydrogen) atoms. The average Bonchev–Trinajstić information content (AvgIpc) is 2.87. The Bertz CT molecular complexity index is 332. The molecule has 1 aromatic rings. The lowest BCUT2D eigenvalue weighted by molar-refractivity contribution is 0.279. The van der Waals surface area contributed by atoms with Gasteiger partial charge in [0.05, 0.1) is 17.9 Å². The highest BCUT2D eigenvalue weighted by molar-refractivity contribution is 5.02. The van der Waals surface area contributed by atoms with E-state index in [0.717, 1.165) is 45.6 Å². The molecule has 1 heterocycles. The zero-order valence-corrected chi connectivity index (χ0v) is 12.9. The fourth-order valence-corrected chi connectivity index (χ4v) is 2.37. The molecule has 0 aliphatic carbocycles. The molecule has 5 heteroatoms.